The highest BCUT2D eigenvalue weighted by atomic mass is 32.1. The van der Waals surface area contributed by atoms with Gasteiger partial charge >= 0.3 is 0 Å². The van der Waals surface area contributed by atoms with Crippen molar-refractivity contribution in [2.24, 2.45) is 0 Å². The first kappa shape index (κ1) is 53.7. The number of rotatable bonds is 8. The summed E-state index contributed by atoms with van der Waals surface area (Å²) in [5, 5.41) is 14.5. The van der Waals surface area contributed by atoms with Gasteiger partial charge in [0.15, 0.2) is 34.9 Å². The average molecular weight is 1210 g/mol. The third-order valence-corrected chi connectivity index (χ3v) is 18.8. The second-order valence-corrected chi connectivity index (χ2v) is 24.4. The Labute approximate surface area is 537 Å². The number of aromatic nitrogens is 6. The van der Waals surface area contributed by atoms with E-state index < -0.39 is 0 Å². The fourth-order valence-corrected chi connectivity index (χ4v) is 14.1. The molecule has 5 heterocycles. The Bertz CT molecular complexity index is 5980. The molecule has 0 aliphatic heterocycles. The Hall–Kier alpha value is -12.3. The zero-order valence-corrected chi connectivity index (χ0v) is 50.6. The lowest BCUT2D eigenvalue weighted by molar-refractivity contribution is 0.668. The van der Waals surface area contributed by atoms with Gasteiger partial charge in [0.2, 0.25) is 0 Å². The van der Waals surface area contributed by atoms with Crippen LogP contribution in [0.2, 0.25) is 0 Å². The van der Waals surface area contributed by atoms with Crippen molar-refractivity contribution in [1.82, 2.24) is 29.9 Å². The largest absolute Gasteiger partial charge is 0.456 e. The van der Waals surface area contributed by atoms with Gasteiger partial charge in [0.25, 0.3) is 0 Å². The molecule has 0 radical (unpaired) electrons. The van der Waals surface area contributed by atoms with E-state index in [4.69, 9.17) is 38.7 Å². The summed E-state index contributed by atoms with van der Waals surface area (Å²) in [6.07, 6.45) is 0. The van der Waals surface area contributed by atoms with Crippen LogP contribution in [0.3, 0.4) is 0 Å². The van der Waals surface area contributed by atoms with Crippen molar-refractivity contribution in [3.8, 4) is 90.6 Å². The Morgan fingerprint density at radius 1 is 0.172 bits per heavy atom. The van der Waals surface area contributed by atoms with Gasteiger partial charge in [-0.3, -0.25) is 0 Å². The lowest BCUT2D eigenvalue weighted by atomic mass is 9.92. The van der Waals surface area contributed by atoms with Gasteiger partial charge in [-0.25, -0.2) is 29.9 Å². The van der Waals surface area contributed by atoms with Crippen molar-refractivity contribution in [1.29, 1.82) is 0 Å². The minimum absolute atomic E-state index is 0.603. The molecule has 8 nitrogen and oxygen atoms in total. The van der Waals surface area contributed by atoms with Crippen molar-refractivity contribution in [3.05, 3.63) is 303 Å². The van der Waals surface area contributed by atoms with Crippen molar-refractivity contribution in [2.75, 3.05) is 0 Å². The molecule has 0 N–H and O–H groups in total. The van der Waals surface area contributed by atoms with Crippen molar-refractivity contribution in [3.63, 3.8) is 0 Å². The number of fused-ring (bicyclic) bond motifs is 15. The van der Waals surface area contributed by atoms with E-state index in [1.54, 1.807) is 0 Å². The number of benzene rings is 14. The monoisotopic (exact) mass is 1210 g/mol. The molecule has 9 heteroatoms. The molecule has 93 heavy (non-hydrogen) atoms. The summed E-state index contributed by atoms with van der Waals surface area (Å²) in [5.41, 5.74) is 13.5. The number of hydrogen-bond acceptors (Lipinski definition) is 9. The highest BCUT2D eigenvalue weighted by molar-refractivity contribution is 7.25. The smallest absolute Gasteiger partial charge is 0.164 e. The SMILES string of the molecule is c1ccc(-c2nc(-c3ccccc3)nc(-c3ccc4c(c3)oc3ccc(-c5ccc6c7ccccc7c7ccccc7c6c5)cc34)n2)cc1.c1ccc(-c2nc(-c3ccccc3)nc(-c3ccc4c(c3)oc3ccc(-c5ccc6sc7ccccc7c6c5)cc34)n2)cc1. The third-order valence-electron chi connectivity index (χ3n) is 17.6. The van der Waals surface area contributed by atoms with Gasteiger partial charge < -0.3 is 8.83 Å². The fourth-order valence-electron chi connectivity index (χ4n) is 13.1. The second kappa shape index (κ2) is 22.3. The van der Waals surface area contributed by atoms with E-state index in [9.17, 15) is 0 Å². The fraction of sp³-hybridized carbons (Fsp3) is 0. The van der Waals surface area contributed by atoms with Gasteiger partial charge in [0.1, 0.15) is 22.3 Å². The zero-order chi connectivity index (χ0) is 61.3. The first-order valence-corrected chi connectivity index (χ1v) is 31.8. The molecule has 0 aliphatic rings. The Kier molecular flexibility index (Phi) is 12.9. The van der Waals surface area contributed by atoms with Gasteiger partial charge in [-0.2, -0.15) is 0 Å². The van der Waals surface area contributed by atoms with Gasteiger partial charge in [-0.15, -0.1) is 11.3 Å². The van der Waals surface area contributed by atoms with Crippen LogP contribution in [0, 0.1) is 0 Å². The van der Waals surface area contributed by atoms with Crippen molar-refractivity contribution >= 4 is 108 Å². The molecule has 19 rings (SSSR count). The predicted octanol–water partition coefficient (Wildman–Crippen LogP) is 22.7. The Morgan fingerprint density at radius 2 is 0.462 bits per heavy atom. The van der Waals surface area contributed by atoms with Crippen LogP contribution in [-0.4, -0.2) is 29.9 Å². The number of furan rings is 2. The molecule has 0 unspecified atom stereocenters. The van der Waals surface area contributed by atoms with E-state index in [0.29, 0.717) is 34.9 Å². The van der Waals surface area contributed by atoms with Gasteiger partial charge in [-0.1, -0.05) is 231 Å². The molecule has 0 fully saturated rings. The lowest BCUT2D eigenvalue weighted by Crippen LogP contribution is -2.00. The molecule has 0 aliphatic carbocycles. The Morgan fingerprint density at radius 3 is 0.892 bits per heavy atom. The molecule has 0 amide bonds. The molecule has 0 bridgehead atoms. The summed E-state index contributed by atoms with van der Waals surface area (Å²) in [6, 6.07) is 105. The molecule has 0 spiro atoms. The van der Waals surface area contributed by atoms with E-state index in [2.05, 4.69) is 170 Å². The topological polar surface area (TPSA) is 104 Å². The molecule has 434 valence electrons. The number of hydrogen-bond donors (Lipinski definition) is 0. The van der Waals surface area contributed by atoms with Gasteiger partial charge in [0.05, 0.1) is 0 Å². The van der Waals surface area contributed by atoms with E-state index in [-0.39, 0.29) is 0 Å². The maximum atomic E-state index is 6.44. The van der Waals surface area contributed by atoms with Crippen LogP contribution < -0.4 is 0 Å². The maximum absolute atomic E-state index is 6.44. The highest BCUT2D eigenvalue weighted by Crippen LogP contribution is 2.42. The Balaban J connectivity index is 0.000000138. The first-order valence-electron chi connectivity index (χ1n) is 31.0. The minimum atomic E-state index is 0.603. The lowest BCUT2D eigenvalue weighted by Gasteiger charge is -2.12. The minimum Gasteiger partial charge on any atom is -0.456 e. The van der Waals surface area contributed by atoms with Gasteiger partial charge in [0, 0.05) is 75.1 Å². The first-order chi connectivity index (χ1) is 46.0. The van der Waals surface area contributed by atoms with Crippen LogP contribution in [0.5, 0.6) is 0 Å². The molecule has 0 saturated carbocycles. The summed E-state index contributed by atoms with van der Waals surface area (Å²) in [6.45, 7) is 0. The normalized spacial score (nSPS) is 11.7. The van der Waals surface area contributed by atoms with Crippen LogP contribution >= 0.6 is 11.3 Å². The summed E-state index contributed by atoms with van der Waals surface area (Å²) < 4.78 is 15.4. The van der Waals surface area contributed by atoms with Gasteiger partial charge in [-0.05, 0) is 127 Å². The summed E-state index contributed by atoms with van der Waals surface area (Å²) in [5.74, 6) is 3.76. The van der Waals surface area contributed by atoms with E-state index in [1.165, 1.54) is 69.2 Å². The standard InChI is InChI=1S/C45H27N3O.C39H23N3OS/c1-3-11-28(12-4-1)43-46-44(29-13-5-2-6-14-29)48-45(47-43)32-20-23-38-40-26-31(21-24-41(40)49-42(38)27-32)30-19-22-37-35-17-8-7-15-33(35)34-16-9-10-18-36(34)39(37)25-30;1-3-9-24(10-4-1)37-40-38(25-11-5-2-6-12-25)42-39(41-37)28-15-18-29-31-21-26(16-19-33(31)43-34(29)23-28)27-17-20-36-32(22-27)30-13-7-8-14-35(30)44-36/h1-27H;1-23H. The van der Waals surface area contributed by atoms with E-state index in [1.807, 2.05) is 145 Å². The highest BCUT2D eigenvalue weighted by Gasteiger charge is 2.19. The summed E-state index contributed by atoms with van der Waals surface area (Å²) >= 11 is 1.84. The molecular weight excluding hydrogens is 1160 g/mol. The summed E-state index contributed by atoms with van der Waals surface area (Å²) in [4.78, 5) is 29.3. The van der Waals surface area contributed by atoms with Crippen LogP contribution in [0.1, 0.15) is 0 Å². The predicted molar refractivity (Wildman–Crippen MR) is 383 cm³/mol. The second-order valence-electron chi connectivity index (χ2n) is 23.3. The molecular formula is C84H50N6O2S. The molecule has 0 saturated heterocycles. The molecule has 14 aromatic carbocycles. The summed E-state index contributed by atoms with van der Waals surface area (Å²) in [7, 11) is 0. The van der Waals surface area contributed by atoms with Crippen molar-refractivity contribution < 1.29 is 8.83 Å². The van der Waals surface area contributed by atoms with Crippen LogP contribution in [0.4, 0.5) is 0 Å². The molecule has 0 atom stereocenters. The average Bonchev–Trinajstić information content (AvgIpc) is 1.67. The van der Waals surface area contributed by atoms with E-state index in [0.717, 1.165) is 82.8 Å². The zero-order valence-electron chi connectivity index (χ0n) is 49.8. The molecule has 19 aromatic rings. The number of thiophene rings is 1. The van der Waals surface area contributed by atoms with Crippen molar-refractivity contribution in [2.45, 2.75) is 0 Å². The quantitative estimate of drug-likeness (QED) is 0.139. The maximum Gasteiger partial charge on any atom is 0.164 e. The van der Waals surface area contributed by atoms with Crippen LogP contribution in [0.25, 0.3) is 187 Å². The van der Waals surface area contributed by atoms with Crippen LogP contribution in [-0.2, 0) is 0 Å². The number of nitrogens with zero attached hydrogens (tertiary/aromatic N) is 6. The molecule has 5 aromatic heterocycles. The van der Waals surface area contributed by atoms with E-state index >= 15 is 0 Å². The van der Waals surface area contributed by atoms with Crippen LogP contribution in [0.15, 0.2) is 312 Å². The third kappa shape index (κ3) is 9.70.